The van der Waals surface area contributed by atoms with Crippen LogP contribution in [0.4, 0.5) is 0 Å². The molecule has 11 heavy (non-hydrogen) atoms. The molecule has 0 amide bonds. The van der Waals surface area contributed by atoms with E-state index >= 15 is 0 Å². The summed E-state index contributed by atoms with van der Waals surface area (Å²) in [4.78, 5) is 4.45. The molecule has 0 aliphatic carbocycles. The maximum atomic E-state index is 5.02. The fourth-order valence-corrected chi connectivity index (χ4v) is 0.620. The Morgan fingerprint density at radius 1 is 1.64 bits per heavy atom. The van der Waals surface area contributed by atoms with Crippen LogP contribution in [0, 0.1) is 0 Å². The summed E-state index contributed by atoms with van der Waals surface area (Å²) < 4.78 is 5.02. The van der Waals surface area contributed by atoms with Crippen LogP contribution < -0.4 is 0 Å². The highest BCUT2D eigenvalue weighted by molar-refractivity contribution is 5.76. The van der Waals surface area contributed by atoms with E-state index in [4.69, 9.17) is 4.42 Å². The second kappa shape index (κ2) is 4.33. The third-order valence-corrected chi connectivity index (χ3v) is 1.06. The second-order valence-electron chi connectivity index (χ2n) is 1.81. The standard InChI is InChI=1S/C8H9NO2/c1-10-9-6-2-4-8-5-3-7-11-8/h2-7H,1H3. The molecule has 0 bridgehead atoms. The fraction of sp³-hybridized carbons (Fsp3) is 0.125. The molecule has 0 aromatic carbocycles. The average molecular weight is 151 g/mol. The number of oxime groups is 1. The zero-order chi connectivity index (χ0) is 7.94. The van der Waals surface area contributed by atoms with Crippen LogP contribution in [0.3, 0.4) is 0 Å². The summed E-state index contributed by atoms with van der Waals surface area (Å²) in [6, 6.07) is 3.68. The molecule has 0 radical (unpaired) electrons. The van der Waals surface area contributed by atoms with Crippen LogP contribution in [0.1, 0.15) is 5.76 Å². The van der Waals surface area contributed by atoms with Gasteiger partial charge in [-0.2, -0.15) is 0 Å². The van der Waals surface area contributed by atoms with Crippen LogP contribution in [0.15, 0.2) is 34.0 Å². The Bertz CT molecular complexity index is 237. The zero-order valence-corrected chi connectivity index (χ0v) is 6.23. The van der Waals surface area contributed by atoms with E-state index in [0.717, 1.165) is 5.76 Å². The number of hydrogen-bond acceptors (Lipinski definition) is 3. The van der Waals surface area contributed by atoms with Gasteiger partial charge in [0.25, 0.3) is 0 Å². The lowest BCUT2D eigenvalue weighted by molar-refractivity contribution is 0.215. The first kappa shape index (κ1) is 7.60. The molecule has 1 heterocycles. The van der Waals surface area contributed by atoms with Gasteiger partial charge in [0, 0.05) is 0 Å². The normalized spacial score (nSPS) is 11.4. The van der Waals surface area contributed by atoms with E-state index in [1.807, 2.05) is 12.1 Å². The van der Waals surface area contributed by atoms with Crippen molar-refractivity contribution in [3.05, 3.63) is 30.2 Å². The van der Waals surface area contributed by atoms with Gasteiger partial charge in [0.2, 0.25) is 0 Å². The van der Waals surface area contributed by atoms with Gasteiger partial charge in [-0.05, 0) is 24.3 Å². The van der Waals surface area contributed by atoms with E-state index in [1.165, 1.54) is 7.11 Å². The number of rotatable bonds is 3. The Morgan fingerprint density at radius 2 is 2.55 bits per heavy atom. The molecule has 0 aliphatic rings. The Balaban J connectivity index is 2.43. The molecule has 0 saturated heterocycles. The summed E-state index contributed by atoms with van der Waals surface area (Å²) in [6.45, 7) is 0. The number of nitrogens with zero attached hydrogens (tertiary/aromatic N) is 1. The lowest BCUT2D eigenvalue weighted by Crippen LogP contribution is -1.68. The molecule has 0 unspecified atom stereocenters. The average Bonchev–Trinajstić information content (AvgIpc) is 2.50. The highest BCUT2D eigenvalue weighted by atomic mass is 16.6. The minimum atomic E-state index is 0.799. The van der Waals surface area contributed by atoms with Gasteiger partial charge in [-0.25, -0.2) is 0 Å². The molecule has 3 nitrogen and oxygen atoms in total. The highest BCUT2D eigenvalue weighted by Crippen LogP contribution is 2.00. The van der Waals surface area contributed by atoms with Crippen LogP contribution >= 0.6 is 0 Å². The molecule has 3 heteroatoms. The maximum Gasteiger partial charge on any atom is 0.126 e. The van der Waals surface area contributed by atoms with Crippen LogP contribution in [-0.2, 0) is 4.84 Å². The van der Waals surface area contributed by atoms with Gasteiger partial charge in [-0.3, -0.25) is 0 Å². The molecule has 0 fully saturated rings. The van der Waals surface area contributed by atoms with Crippen LogP contribution in [0.5, 0.6) is 0 Å². The zero-order valence-electron chi connectivity index (χ0n) is 6.23. The predicted octanol–water partition coefficient (Wildman–Crippen LogP) is 1.93. The molecular weight excluding hydrogens is 142 g/mol. The lowest BCUT2D eigenvalue weighted by atomic mass is 10.4. The first-order valence-electron chi connectivity index (χ1n) is 3.20. The minimum absolute atomic E-state index is 0.799. The highest BCUT2D eigenvalue weighted by Gasteiger charge is 1.83. The van der Waals surface area contributed by atoms with Gasteiger partial charge in [0.05, 0.1) is 12.5 Å². The molecule has 0 spiro atoms. The summed E-state index contributed by atoms with van der Waals surface area (Å²) in [5.74, 6) is 0.799. The second-order valence-corrected chi connectivity index (χ2v) is 1.81. The largest absolute Gasteiger partial charge is 0.465 e. The van der Waals surface area contributed by atoms with Gasteiger partial charge < -0.3 is 9.25 Å². The van der Waals surface area contributed by atoms with E-state index in [9.17, 15) is 0 Å². The predicted molar refractivity (Wildman–Crippen MR) is 43.2 cm³/mol. The van der Waals surface area contributed by atoms with Crippen LogP contribution in [0.25, 0.3) is 6.08 Å². The van der Waals surface area contributed by atoms with Crippen molar-refractivity contribution in [2.24, 2.45) is 5.16 Å². The van der Waals surface area contributed by atoms with Crippen molar-refractivity contribution in [3.63, 3.8) is 0 Å². The Morgan fingerprint density at radius 3 is 3.18 bits per heavy atom. The first-order chi connectivity index (χ1) is 5.43. The summed E-state index contributed by atoms with van der Waals surface area (Å²) in [5.41, 5.74) is 0. The number of furan rings is 1. The third kappa shape index (κ3) is 2.71. The molecule has 1 rings (SSSR count). The number of allylic oxidation sites excluding steroid dienone is 1. The molecule has 0 atom stereocenters. The topological polar surface area (TPSA) is 34.7 Å². The van der Waals surface area contributed by atoms with E-state index in [1.54, 1.807) is 24.6 Å². The third-order valence-electron chi connectivity index (χ3n) is 1.06. The van der Waals surface area contributed by atoms with Crippen molar-refractivity contribution < 1.29 is 9.25 Å². The van der Waals surface area contributed by atoms with Crippen molar-refractivity contribution in [1.82, 2.24) is 0 Å². The van der Waals surface area contributed by atoms with Gasteiger partial charge >= 0.3 is 0 Å². The number of hydrogen-bond donors (Lipinski definition) is 0. The monoisotopic (exact) mass is 151 g/mol. The quantitative estimate of drug-likeness (QED) is 0.488. The van der Waals surface area contributed by atoms with Crippen molar-refractivity contribution in [2.45, 2.75) is 0 Å². The van der Waals surface area contributed by atoms with Gasteiger partial charge in [0.15, 0.2) is 0 Å². The van der Waals surface area contributed by atoms with Gasteiger partial charge in [0.1, 0.15) is 12.9 Å². The van der Waals surface area contributed by atoms with Crippen molar-refractivity contribution >= 4 is 12.3 Å². The molecular formula is C8H9NO2. The van der Waals surface area contributed by atoms with Crippen LogP contribution in [0.2, 0.25) is 0 Å². The van der Waals surface area contributed by atoms with Crippen LogP contribution in [-0.4, -0.2) is 13.3 Å². The van der Waals surface area contributed by atoms with E-state index in [-0.39, 0.29) is 0 Å². The Hall–Kier alpha value is -1.51. The molecule has 1 aromatic rings. The summed E-state index contributed by atoms with van der Waals surface area (Å²) in [6.07, 6.45) is 6.69. The summed E-state index contributed by atoms with van der Waals surface area (Å²) in [5, 5.41) is 3.52. The smallest absolute Gasteiger partial charge is 0.126 e. The Kier molecular flexibility index (Phi) is 2.99. The van der Waals surface area contributed by atoms with Gasteiger partial charge in [-0.15, -0.1) is 0 Å². The molecule has 58 valence electrons. The SMILES string of the molecule is CON=CC=Cc1ccco1. The maximum absolute atomic E-state index is 5.02. The molecule has 0 N–H and O–H groups in total. The van der Waals surface area contributed by atoms with E-state index < -0.39 is 0 Å². The minimum Gasteiger partial charge on any atom is -0.465 e. The van der Waals surface area contributed by atoms with E-state index in [2.05, 4.69) is 9.99 Å². The van der Waals surface area contributed by atoms with E-state index in [0.29, 0.717) is 0 Å². The van der Waals surface area contributed by atoms with Gasteiger partial charge in [-0.1, -0.05) is 5.16 Å². The first-order valence-corrected chi connectivity index (χ1v) is 3.20. The summed E-state index contributed by atoms with van der Waals surface area (Å²) in [7, 11) is 1.50. The van der Waals surface area contributed by atoms with Crippen molar-refractivity contribution in [3.8, 4) is 0 Å². The Labute approximate surface area is 65.0 Å². The lowest BCUT2D eigenvalue weighted by Gasteiger charge is -1.80. The fourth-order valence-electron chi connectivity index (χ4n) is 0.620. The summed E-state index contributed by atoms with van der Waals surface area (Å²) >= 11 is 0. The van der Waals surface area contributed by atoms with Crippen molar-refractivity contribution in [2.75, 3.05) is 7.11 Å². The molecule has 0 aliphatic heterocycles. The van der Waals surface area contributed by atoms with Crippen molar-refractivity contribution in [1.29, 1.82) is 0 Å². The molecule has 0 saturated carbocycles. The molecule has 1 aromatic heterocycles.